The van der Waals surface area contributed by atoms with Gasteiger partial charge < -0.3 is 15.3 Å². The van der Waals surface area contributed by atoms with Crippen LogP contribution < -0.4 is 5.32 Å². The van der Waals surface area contributed by atoms with Gasteiger partial charge in [-0.2, -0.15) is 0 Å². The molecular weight excluding hydrogens is 296 g/mol. The van der Waals surface area contributed by atoms with Gasteiger partial charge in [0.05, 0.1) is 0 Å². The van der Waals surface area contributed by atoms with Gasteiger partial charge >= 0.3 is 5.97 Å². The summed E-state index contributed by atoms with van der Waals surface area (Å²) in [4.78, 5) is 37.2. The normalized spacial score (nSPS) is 20.9. The van der Waals surface area contributed by atoms with Crippen molar-refractivity contribution in [3.8, 4) is 0 Å². The molecule has 0 aromatic heterocycles. The highest BCUT2D eigenvalue weighted by atomic mass is 16.4. The second kappa shape index (κ2) is 6.40. The lowest BCUT2D eigenvalue weighted by molar-refractivity contribution is -0.143. The Morgan fingerprint density at radius 2 is 1.91 bits per heavy atom. The van der Waals surface area contributed by atoms with Crippen molar-refractivity contribution in [2.75, 3.05) is 11.9 Å². The van der Waals surface area contributed by atoms with Crippen LogP contribution >= 0.6 is 0 Å². The summed E-state index contributed by atoms with van der Waals surface area (Å²) < 4.78 is 0. The molecule has 1 aliphatic carbocycles. The Morgan fingerprint density at radius 1 is 1.13 bits per heavy atom. The number of nitrogens with zero attached hydrogens (tertiary/aromatic N) is 1. The number of carbonyl (C=O) groups is 3. The van der Waals surface area contributed by atoms with Crippen molar-refractivity contribution < 1.29 is 19.5 Å². The number of nitrogens with one attached hydrogen (secondary N) is 1. The van der Waals surface area contributed by atoms with Gasteiger partial charge in [0.15, 0.2) is 0 Å². The number of hydrogen-bond acceptors (Lipinski definition) is 3. The summed E-state index contributed by atoms with van der Waals surface area (Å²) in [6.07, 6.45) is 3.95. The number of rotatable bonds is 4. The predicted octanol–water partition coefficient (Wildman–Crippen LogP) is 2.11. The molecule has 23 heavy (non-hydrogen) atoms. The van der Waals surface area contributed by atoms with Crippen LogP contribution in [-0.4, -0.2) is 40.4 Å². The van der Waals surface area contributed by atoms with Crippen LogP contribution in [0.3, 0.4) is 0 Å². The van der Waals surface area contributed by atoms with Gasteiger partial charge in [-0.1, -0.05) is 6.07 Å². The standard InChI is InChI=1S/C17H20N2O4/c20-15(11-7-8-11)18-13-5-3-4-12(10-13)16(21)19-9-2-1-6-14(19)17(22)23/h3-5,10-11,14H,1-2,6-9H2,(H,18,20)(H,22,23). The van der Waals surface area contributed by atoms with E-state index in [0.717, 1.165) is 25.7 Å². The van der Waals surface area contributed by atoms with E-state index in [1.54, 1.807) is 24.3 Å². The lowest BCUT2D eigenvalue weighted by atomic mass is 10.0. The molecule has 3 rings (SSSR count). The smallest absolute Gasteiger partial charge is 0.326 e. The Kier molecular flexibility index (Phi) is 4.32. The minimum absolute atomic E-state index is 0.0176. The van der Waals surface area contributed by atoms with Crippen LogP contribution in [0.2, 0.25) is 0 Å². The number of likely N-dealkylation sites (tertiary alicyclic amines) is 1. The van der Waals surface area contributed by atoms with E-state index in [0.29, 0.717) is 24.2 Å². The number of aliphatic carboxylic acids is 1. The average molecular weight is 316 g/mol. The Morgan fingerprint density at radius 3 is 2.61 bits per heavy atom. The van der Waals surface area contributed by atoms with E-state index < -0.39 is 12.0 Å². The Hall–Kier alpha value is -2.37. The maximum Gasteiger partial charge on any atom is 0.326 e. The van der Waals surface area contributed by atoms with E-state index in [1.807, 2.05) is 0 Å². The SMILES string of the molecule is O=C(Nc1cccc(C(=O)N2CCCCC2C(=O)O)c1)C1CC1. The summed E-state index contributed by atoms with van der Waals surface area (Å²) in [7, 11) is 0. The van der Waals surface area contributed by atoms with Crippen molar-refractivity contribution in [2.45, 2.75) is 38.1 Å². The molecule has 1 saturated carbocycles. The maximum atomic E-state index is 12.6. The number of piperidine rings is 1. The quantitative estimate of drug-likeness (QED) is 0.890. The average Bonchev–Trinajstić information content (AvgIpc) is 3.39. The van der Waals surface area contributed by atoms with Crippen molar-refractivity contribution in [3.05, 3.63) is 29.8 Å². The van der Waals surface area contributed by atoms with E-state index in [4.69, 9.17) is 0 Å². The molecule has 2 fully saturated rings. The fourth-order valence-electron chi connectivity index (χ4n) is 2.92. The van der Waals surface area contributed by atoms with Gasteiger partial charge in [-0.3, -0.25) is 9.59 Å². The van der Waals surface area contributed by atoms with E-state index in [9.17, 15) is 19.5 Å². The number of carboxylic acids is 1. The topological polar surface area (TPSA) is 86.7 Å². The number of hydrogen-bond donors (Lipinski definition) is 2. The van der Waals surface area contributed by atoms with E-state index in [1.165, 1.54) is 4.90 Å². The van der Waals surface area contributed by atoms with Crippen molar-refractivity contribution >= 4 is 23.5 Å². The molecule has 122 valence electrons. The molecule has 1 aliphatic heterocycles. The molecule has 1 unspecified atom stereocenters. The molecule has 0 radical (unpaired) electrons. The van der Waals surface area contributed by atoms with Crippen LogP contribution in [0.5, 0.6) is 0 Å². The molecule has 6 nitrogen and oxygen atoms in total. The minimum atomic E-state index is -0.962. The lowest BCUT2D eigenvalue weighted by Crippen LogP contribution is -2.48. The zero-order valence-corrected chi connectivity index (χ0v) is 12.8. The van der Waals surface area contributed by atoms with E-state index in [2.05, 4.69) is 5.32 Å². The Labute approximate surface area is 134 Å². The van der Waals surface area contributed by atoms with Gasteiger partial charge in [0.2, 0.25) is 5.91 Å². The highest BCUT2D eigenvalue weighted by molar-refractivity contribution is 5.99. The zero-order chi connectivity index (χ0) is 16.4. The van der Waals surface area contributed by atoms with Crippen LogP contribution in [-0.2, 0) is 9.59 Å². The highest BCUT2D eigenvalue weighted by Crippen LogP contribution is 2.30. The van der Waals surface area contributed by atoms with Crippen LogP contribution in [0, 0.1) is 5.92 Å². The second-order valence-corrected chi connectivity index (χ2v) is 6.19. The monoisotopic (exact) mass is 316 g/mol. The third-order valence-corrected chi connectivity index (χ3v) is 4.37. The summed E-state index contributed by atoms with van der Waals surface area (Å²) in [6, 6.07) is 5.96. The number of benzene rings is 1. The molecular formula is C17H20N2O4. The zero-order valence-electron chi connectivity index (χ0n) is 12.8. The number of anilines is 1. The van der Waals surface area contributed by atoms with Gasteiger partial charge in [-0.25, -0.2) is 4.79 Å². The van der Waals surface area contributed by atoms with Gasteiger partial charge in [-0.05, 0) is 50.3 Å². The number of carbonyl (C=O) groups excluding carboxylic acids is 2. The number of amides is 2. The Bertz CT molecular complexity index is 639. The van der Waals surface area contributed by atoms with Crippen molar-refractivity contribution in [3.63, 3.8) is 0 Å². The molecule has 2 N–H and O–H groups in total. The van der Waals surface area contributed by atoms with E-state index in [-0.39, 0.29) is 17.7 Å². The highest BCUT2D eigenvalue weighted by Gasteiger charge is 2.33. The molecule has 6 heteroatoms. The first-order valence-corrected chi connectivity index (χ1v) is 8.01. The summed E-state index contributed by atoms with van der Waals surface area (Å²) >= 11 is 0. The first kappa shape index (κ1) is 15.5. The predicted molar refractivity (Wildman–Crippen MR) is 84.1 cm³/mol. The van der Waals surface area contributed by atoms with Gasteiger partial charge in [0.25, 0.3) is 5.91 Å². The van der Waals surface area contributed by atoms with Crippen molar-refractivity contribution in [1.29, 1.82) is 0 Å². The van der Waals surface area contributed by atoms with Gasteiger partial charge in [-0.15, -0.1) is 0 Å². The van der Waals surface area contributed by atoms with Crippen molar-refractivity contribution in [1.82, 2.24) is 4.90 Å². The fraction of sp³-hybridized carbons (Fsp3) is 0.471. The minimum Gasteiger partial charge on any atom is -0.480 e. The lowest BCUT2D eigenvalue weighted by Gasteiger charge is -2.33. The Balaban J connectivity index is 1.75. The summed E-state index contributed by atoms with van der Waals surface area (Å²) in [5.74, 6) is -1.18. The van der Waals surface area contributed by atoms with Gasteiger partial charge in [0, 0.05) is 23.7 Å². The van der Waals surface area contributed by atoms with Crippen LogP contribution in [0.25, 0.3) is 0 Å². The molecule has 1 saturated heterocycles. The van der Waals surface area contributed by atoms with Crippen molar-refractivity contribution in [2.24, 2.45) is 5.92 Å². The molecule has 0 spiro atoms. The molecule has 1 atom stereocenters. The van der Waals surface area contributed by atoms with Crippen LogP contribution in [0.15, 0.2) is 24.3 Å². The second-order valence-electron chi connectivity index (χ2n) is 6.19. The van der Waals surface area contributed by atoms with E-state index >= 15 is 0 Å². The molecule has 2 aliphatic rings. The fourth-order valence-corrected chi connectivity index (χ4v) is 2.92. The first-order valence-electron chi connectivity index (χ1n) is 8.01. The largest absolute Gasteiger partial charge is 0.480 e. The molecule has 2 amide bonds. The molecule has 1 heterocycles. The summed E-state index contributed by atoms with van der Waals surface area (Å²) in [6.45, 7) is 0.453. The van der Waals surface area contributed by atoms with Crippen LogP contribution in [0.1, 0.15) is 42.5 Å². The van der Waals surface area contributed by atoms with Gasteiger partial charge in [0.1, 0.15) is 6.04 Å². The van der Waals surface area contributed by atoms with Crippen LogP contribution in [0.4, 0.5) is 5.69 Å². The molecule has 0 bridgehead atoms. The third-order valence-electron chi connectivity index (χ3n) is 4.37. The molecule has 1 aromatic carbocycles. The third kappa shape index (κ3) is 3.52. The summed E-state index contributed by atoms with van der Waals surface area (Å²) in [5.41, 5.74) is 0.989. The molecule has 1 aromatic rings. The number of carboxylic acid groups (broad SMARTS) is 1. The first-order chi connectivity index (χ1) is 11.1. The maximum absolute atomic E-state index is 12.6. The summed E-state index contributed by atoms with van der Waals surface area (Å²) in [5, 5.41) is 12.1.